The molecule has 1 N–H and O–H groups in total. The van der Waals surface area contributed by atoms with Crippen LogP contribution in [0.4, 0.5) is 0 Å². The van der Waals surface area contributed by atoms with Crippen LogP contribution in [0.5, 0.6) is 0 Å². The SMILES string of the molecule is CC(C)OC[C@H](O)CN1CCN(S(=O)(=O)c2ccc3c(c2)CCC3)CC1. The molecular weight excluding hydrogens is 352 g/mol. The van der Waals surface area contributed by atoms with Crippen LogP contribution in [0.1, 0.15) is 31.4 Å². The van der Waals surface area contributed by atoms with E-state index < -0.39 is 16.1 Å². The van der Waals surface area contributed by atoms with Crippen LogP contribution in [0.3, 0.4) is 0 Å². The van der Waals surface area contributed by atoms with Gasteiger partial charge in [-0.1, -0.05) is 6.07 Å². The van der Waals surface area contributed by atoms with E-state index in [1.54, 1.807) is 10.4 Å². The third-order valence-corrected chi connectivity index (χ3v) is 7.02. The van der Waals surface area contributed by atoms with Crippen molar-refractivity contribution in [2.75, 3.05) is 39.3 Å². The van der Waals surface area contributed by atoms with Gasteiger partial charge in [-0.15, -0.1) is 0 Å². The molecule has 1 aliphatic heterocycles. The Balaban J connectivity index is 1.55. The molecule has 1 aromatic rings. The summed E-state index contributed by atoms with van der Waals surface area (Å²) in [6, 6.07) is 5.58. The highest BCUT2D eigenvalue weighted by Gasteiger charge is 2.29. The number of aliphatic hydroxyl groups excluding tert-OH is 1. The summed E-state index contributed by atoms with van der Waals surface area (Å²) in [7, 11) is -3.44. The highest BCUT2D eigenvalue weighted by atomic mass is 32.2. The Bertz CT molecular complexity index is 712. The van der Waals surface area contributed by atoms with Gasteiger partial charge in [0.05, 0.1) is 23.7 Å². The van der Waals surface area contributed by atoms with E-state index in [0.29, 0.717) is 44.2 Å². The minimum atomic E-state index is -3.44. The van der Waals surface area contributed by atoms with Gasteiger partial charge in [0, 0.05) is 32.7 Å². The van der Waals surface area contributed by atoms with E-state index in [2.05, 4.69) is 4.90 Å². The van der Waals surface area contributed by atoms with E-state index in [4.69, 9.17) is 4.74 Å². The summed E-state index contributed by atoms with van der Waals surface area (Å²) in [5.74, 6) is 0. The Morgan fingerprint density at radius 2 is 1.81 bits per heavy atom. The molecule has 0 bridgehead atoms. The van der Waals surface area contributed by atoms with Crippen molar-refractivity contribution in [3.63, 3.8) is 0 Å². The molecule has 0 amide bonds. The van der Waals surface area contributed by atoms with Crippen LogP contribution in [-0.4, -0.2) is 74.3 Å². The summed E-state index contributed by atoms with van der Waals surface area (Å²) in [5, 5.41) is 10.0. The lowest BCUT2D eigenvalue weighted by atomic mass is 10.1. The monoisotopic (exact) mass is 382 g/mol. The maximum Gasteiger partial charge on any atom is 0.243 e. The quantitative estimate of drug-likeness (QED) is 0.769. The molecule has 1 heterocycles. The van der Waals surface area contributed by atoms with Crippen molar-refractivity contribution in [2.24, 2.45) is 0 Å². The van der Waals surface area contributed by atoms with Crippen LogP contribution in [0.2, 0.25) is 0 Å². The standard InChI is InChI=1S/C19H30N2O4S/c1-15(2)25-14-18(22)13-20-8-10-21(11-9-20)26(23,24)19-7-6-16-4-3-5-17(16)12-19/h6-7,12,15,18,22H,3-5,8-11,13-14H2,1-2H3/t18-/m1/s1. The second-order valence-corrected chi connectivity index (χ2v) is 9.46. The fourth-order valence-corrected chi connectivity index (χ4v) is 5.14. The average molecular weight is 383 g/mol. The molecule has 0 spiro atoms. The van der Waals surface area contributed by atoms with Gasteiger partial charge in [0.25, 0.3) is 0 Å². The van der Waals surface area contributed by atoms with Crippen LogP contribution in [0.15, 0.2) is 23.1 Å². The van der Waals surface area contributed by atoms with Gasteiger partial charge in [-0.3, -0.25) is 4.90 Å². The molecule has 1 aromatic carbocycles. The molecule has 26 heavy (non-hydrogen) atoms. The van der Waals surface area contributed by atoms with Crippen LogP contribution >= 0.6 is 0 Å². The lowest BCUT2D eigenvalue weighted by Gasteiger charge is -2.35. The zero-order valence-electron chi connectivity index (χ0n) is 15.7. The Morgan fingerprint density at radius 3 is 2.50 bits per heavy atom. The molecule has 0 radical (unpaired) electrons. The van der Waals surface area contributed by atoms with Gasteiger partial charge in [0.1, 0.15) is 0 Å². The first-order chi connectivity index (χ1) is 12.4. The number of piperazine rings is 1. The number of fused-ring (bicyclic) bond motifs is 1. The number of β-amino-alcohol motifs (C(OH)–C–C–N with tert-alkyl or cyclic N) is 1. The summed E-state index contributed by atoms with van der Waals surface area (Å²) in [6.45, 7) is 6.87. The molecule has 6 nitrogen and oxygen atoms in total. The molecule has 0 unspecified atom stereocenters. The number of rotatable bonds is 7. The second-order valence-electron chi connectivity index (χ2n) is 7.52. The van der Waals surface area contributed by atoms with Gasteiger partial charge in [-0.05, 0) is 56.4 Å². The summed E-state index contributed by atoms with van der Waals surface area (Å²) in [4.78, 5) is 2.51. The van der Waals surface area contributed by atoms with Crippen molar-refractivity contribution in [2.45, 2.75) is 50.2 Å². The molecule has 1 saturated heterocycles. The second kappa shape index (κ2) is 8.35. The number of ether oxygens (including phenoxy) is 1. The highest BCUT2D eigenvalue weighted by molar-refractivity contribution is 7.89. The van der Waals surface area contributed by atoms with E-state index in [-0.39, 0.29) is 6.10 Å². The van der Waals surface area contributed by atoms with Crippen molar-refractivity contribution in [1.82, 2.24) is 9.21 Å². The molecular formula is C19H30N2O4S. The van der Waals surface area contributed by atoms with E-state index in [1.807, 2.05) is 26.0 Å². The van der Waals surface area contributed by atoms with Gasteiger partial charge >= 0.3 is 0 Å². The Labute approximate surface area is 156 Å². The van der Waals surface area contributed by atoms with Gasteiger partial charge in [-0.25, -0.2) is 8.42 Å². The van der Waals surface area contributed by atoms with Gasteiger partial charge < -0.3 is 9.84 Å². The molecule has 0 saturated carbocycles. The molecule has 0 aromatic heterocycles. The molecule has 3 rings (SSSR count). The molecule has 7 heteroatoms. The highest BCUT2D eigenvalue weighted by Crippen LogP contribution is 2.26. The van der Waals surface area contributed by atoms with Gasteiger partial charge in [0.2, 0.25) is 10.0 Å². The van der Waals surface area contributed by atoms with Crippen LogP contribution in [0.25, 0.3) is 0 Å². The number of nitrogens with zero attached hydrogens (tertiary/aromatic N) is 2. The number of aryl methyl sites for hydroxylation is 2. The van der Waals surface area contributed by atoms with Crippen molar-refractivity contribution >= 4 is 10.0 Å². The maximum atomic E-state index is 12.9. The zero-order chi connectivity index (χ0) is 18.7. The predicted molar refractivity (Wildman–Crippen MR) is 101 cm³/mol. The molecule has 2 aliphatic rings. The Hall–Kier alpha value is -0.990. The largest absolute Gasteiger partial charge is 0.389 e. The lowest BCUT2D eigenvalue weighted by molar-refractivity contribution is -0.0117. The molecule has 1 atom stereocenters. The predicted octanol–water partition coefficient (Wildman–Crippen LogP) is 1.27. The maximum absolute atomic E-state index is 12.9. The first-order valence-electron chi connectivity index (χ1n) is 9.50. The fraction of sp³-hybridized carbons (Fsp3) is 0.684. The Kier molecular flexibility index (Phi) is 6.35. The third-order valence-electron chi connectivity index (χ3n) is 5.13. The number of benzene rings is 1. The van der Waals surface area contributed by atoms with Crippen LogP contribution < -0.4 is 0 Å². The van der Waals surface area contributed by atoms with E-state index in [9.17, 15) is 13.5 Å². The fourth-order valence-electron chi connectivity index (χ4n) is 3.66. The first kappa shape index (κ1) is 19.8. The minimum Gasteiger partial charge on any atom is -0.389 e. The van der Waals surface area contributed by atoms with E-state index in [0.717, 1.165) is 19.3 Å². The van der Waals surface area contributed by atoms with Gasteiger partial charge in [-0.2, -0.15) is 4.31 Å². The third kappa shape index (κ3) is 4.64. The molecule has 146 valence electrons. The van der Waals surface area contributed by atoms with E-state index >= 15 is 0 Å². The number of hydrogen-bond acceptors (Lipinski definition) is 5. The zero-order valence-corrected chi connectivity index (χ0v) is 16.5. The molecule has 1 fully saturated rings. The summed E-state index contributed by atoms with van der Waals surface area (Å²) >= 11 is 0. The van der Waals surface area contributed by atoms with Crippen molar-refractivity contribution in [1.29, 1.82) is 0 Å². The van der Waals surface area contributed by atoms with Crippen molar-refractivity contribution in [3.8, 4) is 0 Å². The van der Waals surface area contributed by atoms with Crippen LogP contribution in [-0.2, 0) is 27.6 Å². The topological polar surface area (TPSA) is 70.1 Å². The Morgan fingerprint density at radius 1 is 1.12 bits per heavy atom. The minimum absolute atomic E-state index is 0.0963. The van der Waals surface area contributed by atoms with Crippen molar-refractivity contribution in [3.05, 3.63) is 29.3 Å². The van der Waals surface area contributed by atoms with Crippen molar-refractivity contribution < 1.29 is 18.3 Å². The number of aliphatic hydroxyl groups is 1. The number of hydrogen-bond donors (Lipinski definition) is 1. The van der Waals surface area contributed by atoms with E-state index in [1.165, 1.54) is 11.1 Å². The molecule has 1 aliphatic carbocycles. The van der Waals surface area contributed by atoms with Gasteiger partial charge in [0.15, 0.2) is 0 Å². The smallest absolute Gasteiger partial charge is 0.243 e. The normalized spacial score (nSPS) is 20.5. The summed E-state index contributed by atoms with van der Waals surface area (Å²) in [6.07, 6.45) is 2.69. The average Bonchev–Trinajstić information content (AvgIpc) is 3.08. The number of sulfonamides is 1. The lowest BCUT2D eigenvalue weighted by Crippen LogP contribution is -2.50. The van der Waals surface area contributed by atoms with Crippen LogP contribution in [0, 0.1) is 0 Å². The summed E-state index contributed by atoms with van der Waals surface area (Å²) < 4.78 is 32.9. The summed E-state index contributed by atoms with van der Waals surface area (Å²) in [5.41, 5.74) is 2.46. The first-order valence-corrected chi connectivity index (χ1v) is 10.9.